The van der Waals surface area contributed by atoms with Crippen molar-refractivity contribution in [1.29, 1.82) is 0 Å². The minimum Gasteiger partial charge on any atom is -0.316 e. The monoisotopic (exact) mass is 262 g/mol. The highest BCUT2D eigenvalue weighted by Crippen LogP contribution is 2.22. The number of nitrogens with zero attached hydrogens (tertiary/aromatic N) is 1. The lowest BCUT2D eigenvalue weighted by molar-refractivity contribution is 0.293. The first-order chi connectivity index (χ1) is 7.79. The summed E-state index contributed by atoms with van der Waals surface area (Å²) in [6, 6.07) is 0. The van der Waals surface area contributed by atoms with E-state index in [0.29, 0.717) is 19.0 Å². The fourth-order valence-corrected chi connectivity index (χ4v) is 3.67. The van der Waals surface area contributed by atoms with Gasteiger partial charge in [0.15, 0.2) is 0 Å². The third kappa shape index (κ3) is 3.66. The average molecular weight is 262 g/mol. The van der Waals surface area contributed by atoms with Gasteiger partial charge in [0, 0.05) is 13.1 Å². The number of rotatable bonds is 4. The van der Waals surface area contributed by atoms with Crippen LogP contribution in [0.4, 0.5) is 0 Å². The zero-order valence-electron chi connectivity index (χ0n) is 11.5. The van der Waals surface area contributed by atoms with Crippen LogP contribution in [0.15, 0.2) is 0 Å². The van der Waals surface area contributed by atoms with Crippen molar-refractivity contribution in [2.24, 2.45) is 5.92 Å². The first kappa shape index (κ1) is 14.9. The van der Waals surface area contributed by atoms with E-state index in [4.69, 9.17) is 0 Å². The van der Waals surface area contributed by atoms with Crippen LogP contribution in [0.3, 0.4) is 0 Å². The second-order valence-electron chi connectivity index (χ2n) is 5.78. The molecule has 1 saturated heterocycles. The van der Waals surface area contributed by atoms with Crippen molar-refractivity contribution in [3.8, 4) is 0 Å². The second kappa shape index (κ2) is 5.67. The zero-order chi connectivity index (χ0) is 13.1. The summed E-state index contributed by atoms with van der Waals surface area (Å²) in [4.78, 5) is 0. The van der Waals surface area contributed by atoms with Crippen LogP contribution in [0.25, 0.3) is 0 Å². The summed E-state index contributed by atoms with van der Waals surface area (Å²) in [6.07, 6.45) is 2.28. The van der Waals surface area contributed by atoms with E-state index in [2.05, 4.69) is 5.32 Å². The van der Waals surface area contributed by atoms with Crippen LogP contribution < -0.4 is 5.32 Å². The molecule has 5 heteroatoms. The summed E-state index contributed by atoms with van der Waals surface area (Å²) in [5.74, 6) is 0.459. The lowest BCUT2D eigenvalue weighted by atomic mass is 10.00. The molecule has 0 aromatic rings. The maximum Gasteiger partial charge on any atom is 0.219 e. The Morgan fingerprint density at radius 2 is 2.00 bits per heavy atom. The van der Waals surface area contributed by atoms with Gasteiger partial charge in [-0.25, -0.2) is 12.7 Å². The Labute approximate surface area is 106 Å². The van der Waals surface area contributed by atoms with Crippen LogP contribution in [-0.2, 0) is 10.0 Å². The van der Waals surface area contributed by atoms with Gasteiger partial charge in [-0.1, -0.05) is 6.92 Å². The zero-order valence-corrected chi connectivity index (χ0v) is 12.3. The second-order valence-corrected chi connectivity index (χ2v) is 8.47. The average Bonchev–Trinajstić information content (AvgIpc) is 2.25. The lowest BCUT2D eigenvalue weighted by Gasteiger charge is -2.33. The molecule has 1 atom stereocenters. The molecule has 0 amide bonds. The van der Waals surface area contributed by atoms with E-state index in [9.17, 15) is 8.42 Å². The molecule has 1 unspecified atom stereocenters. The molecule has 1 fully saturated rings. The van der Waals surface area contributed by atoms with Gasteiger partial charge in [0.1, 0.15) is 0 Å². The fraction of sp³-hybridized carbons (Fsp3) is 1.00. The van der Waals surface area contributed by atoms with Gasteiger partial charge < -0.3 is 5.32 Å². The molecule has 4 nitrogen and oxygen atoms in total. The summed E-state index contributed by atoms with van der Waals surface area (Å²) < 4.78 is 25.7. The highest BCUT2D eigenvalue weighted by atomic mass is 32.2. The van der Waals surface area contributed by atoms with Crippen LogP contribution in [0.5, 0.6) is 0 Å². The number of hydrogen-bond donors (Lipinski definition) is 1. The van der Waals surface area contributed by atoms with Gasteiger partial charge in [0.25, 0.3) is 0 Å². The summed E-state index contributed by atoms with van der Waals surface area (Å²) in [5, 5.41) is 3.33. The molecular weight excluding hydrogens is 236 g/mol. The van der Waals surface area contributed by atoms with Gasteiger partial charge in [0.2, 0.25) is 10.0 Å². The van der Waals surface area contributed by atoms with Crippen molar-refractivity contribution in [1.82, 2.24) is 9.62 Å². The van der Waals surface area contributed by atoms with Gasteiger partial charge in [-0.15, -0.1) is 0 Å². The van der Waals surface area contributed by atoms with E-state index in [1.165, 1.54) is 0 Å². The highest BCUT2D eigenvalue weighted by Gasteiger charge is 2.35. The third-order valence-corrected chi connectivity index (χ3v) is 5.96. The molecule has 0 radical (unpaired) electrons. The standard InChI is InChI=1S/C12H26N2O2S/c1-5-14(17(15,16)12(2,3)4)10-11-7-6-8-13-9-11/h11,13H,5-10H2,1-4H3. The van der Waals surface area contributed by atoms with E-state index < -0.39 is 14.8 Å². The van der Waals surface area contributed by atoms with Crippen LogP contribution in [0, 0.1) is 5.92 Å². The van der Waals surface area contributed by atoms with Gasteiger partial charge in [-0.05, 0) is 52.6 Å². The van der Waals surface area contributed by atoms with Crippen LogP contribution in [0.2, 0.25) is 0 Å². The molecule has 1 heterocycles. The molecule has 17 heavy (non-hydrogen) atoms. The summed E-state index contributed by atoms with van der Waals surface area (Å²) in [7, 11) is -3.18. The number of hydrogen-bond acceptors (Lipinski definition) is 3. The number of piperidine rings is 1. The Balaban J connectivity index is 2.71. The SMILES string of the molecule is CCN(CC1CCCNC1)S(=O)(=O)C(C)(C)C. The van der Waals surface area contributed by atoms with Crippen LogP contribution in [0.1, 0.15) is 40.5 Å². The predicted octanol–water partition coefficient (Wildman–Crippen LogP) is 1.44. The number of nitrogens with one attached hydrogen (secondary N) is 1. The van der Waals surface area contributed by atoms with Crippen LogP contribution in [-0.4, -0.2) is 43.6 Å². The smallest absolute Gasteiger partial charge is 0.219 e. The Bertz CT molecular complexity index is 327. The van der Waals surface area contributed by atoms with Gasteiger partial charge in [0.05, 0.1) is 4.75 Å². The van der Waals surface area contributed by atoms with Crippen molar-refractivity contribution in [2.45, 2.75) is 45.3 Å². The molecule has 1 aliphatic rings. The summed E-state index contributed by atoms with van der Waals surface area (Å²) in [6.45, 7) is 10.4. The third-order valence-electron chi connectivity index (χ3n) is 3.33. The lowest BCUT2D eigenvalue weighted by Crippen LogP contribution is -2.47. The largest absolute Gasteiger partial charge is 0.316 e. The van der Waals surface area contributed by atoms with E-state index in [1.54, 1.807) is 25.1 Å². The normalized spacial score (nSPS) is 23.0. The van der Waals surface area contributed by atoms with Gasteiger partial charge in [-0.2, -0.15) is 0 Å². The van der Waals surface area contributed by atoms with Gasteiger partial charge in [-0.3, -0.25) is 0 Å². The fourth-order valence-electron chi connectivity index (χ4n) is 2.15. The Morgan fingerprint density at radius 3 is 2.41 bits per heavy atom. The van der Waals surface area contributed by atoms with Crippen molar-refractivity contribution in [3.63, 3.8) is 0 Å². The topological polar surface area (TPSA) is 49.4 Å². The molecule has 0 bridgehead atoms. The first-order valence-corrected chi connectivity index (χ1v) is 7.93. The Hall–Kier alpha value is -0.130. The minimum absolute atomic E-state index is 0.459. The quantitative estimate of drug-likeness (QED) is 0.834. The van der Waals surface area contributed by atoms with Crippen molar-refractivity contribution < 1.29 is 8.42 Å². The molecule has 1 N–H and O–H groups in total. The highest BCUT2D eigenvalue weighted by molar-refractivity contribution is 7.90. The molecular formula is C12H26N2O2S. The molecule has 0 spiro atoms. The van der Waals surface area contributed by atoms with E-state index in [1.807, 2.05) is 6.92 Å². The predicted molar refractivity (Wildman–Crippen MR) is 71.5 cm³/mol. The van der Waals surface area contributed by atoms with E-state index >= 15 is 0 Å². The molecule has 1 rings (SSSR count). The maximum absolute atomic E-state index is 12.4. The molecule has 0 saturated carbocycles. The molecule has 0 aromatic carbocycles. The molecule has 0 aromatic heterocycles. The first-order valence-electron chi connectivity index (χ1n) is 6.49. The van der Waals surface area contributed by atoms with Crippen LogP contribution >= 0.6 is 0 Å². The van der Waals surface area contributed by atoms with E-state index in [0.717, 1.165) is 25.9 Å². The minimum atomic E-state index is -3.18. The molecule has 0 aliphatic carbocycles. The number of sulfonamides is 1. The van der Waals surface area contributed by atoms with E-state index in [-0.39, 0.29) is 0 Å². The molecule has 1 aliphatic heterocycles. The summed E-state index contributed by atoms with van der Waals surface area (Å²) in [5.41, 5.74) is 0. The van der Waals surface area contributed by atoms with Crippen molar-refractivity contribution in [3.05, 3.63) is 0 Å². The Kier molecular flexibility index (Phi) is 4.98. The van der Waals surface area contributed by atoms with Crippen molar-refractivity contribution >= 4 is 10.0 Å². The molecule has 102 valence electrons. The summed E-state index contributed by atoms with van der Waals surface area (Å²) >= 11 is 0. The van der Waals surface area contributed by atoms with Crippen molar-refractivity contribution in [2.75, 3.05) is 26.2 Å². The maximum atomic E-state index is 12.4. The Morgan fingerprint density at radius 1 is 1.35 bits per heavy atom. The van der Waals surface area contributed by atoms with Gasteiger partial charge >= 0.3 is 0 Å².